The third kappa shape index (κ3) is 5.03. The Balaban J connectivity index is 1.58. The van der Waals surface area contributed by atoms with E-state index in [1.165, 1.54) is 48.2 Å². The molecule has 40 heavy (non-hydrogen) atoms. The van der Waals surface area contributed by atoms with Crippen LogP contribution < -0.4 is 10.3 Å². The molecule has 2 heterocycles. The van der Waals surface area contributed by atoms with Crippen molar-refractivity contribution in [1.82, 2.24) is 19.6 Å². The molecule has 0 fully saturated rings. The van der Waals surface area contributed by atoms with Crippen LogP contribution in [0.25, 0.3) is 27.6 Å². The molecule has 1 N–H and O–H groups in total. The van der Waals surface area contributed by atoms with Crippen molar-refractivity contribution in [1.29, 1.82) is 0 Å². The first-order chi connectivity index (χ1) is 19.0. The minimum absolute atomic E-state index is 0.172. The molecule has 0 saturated carbocycles. The predicted octanol–water partition coefficient (Wildman–Crippen LogP) is 6.24. The first-order valence-corrected chi connectivity index (χ1v) is 12.2. The lowest BCUT2D eigenvalue weighted by Crippen LogP contribution is -2.23. The van der Waals surface area contributed by atoms with E-state index < -0.39 is 29.4 Å². The number of hydrogen-bond acceptors (Lipinski definition) is 5. The molecule has 0 spiro atoms. The molecule has 12 heteroatoms. The number of pyridine rings is 1. The van der Waals surface area contributed by atoms with Crippen LogP contribution in [0.3, 0.4) is 0 Å². The van der Waals surface area contributed by atoms with Crippen LogP contribution in [-0.4, -0.2) is 37.7 Å². The summed E-state index contributed by atoms with van der Waals surface area (Å²) in [4.78, 5) is 24.7. The number of nitrogens with zero attached hydrogens (tertiary/aromatic N) is 4. The first-order valence-electron chi connectivity index (χ1n) is 11.8. The second-order valence-electron chi connectivity index (χ2n) is 9.01. The van der Waals surface area contributed by atoms with Crippen LogP contribution in [0.1, 0.15) is 34.6 Å². The lowest BCUT2D eigenvalue weighted by Gasteiger charge is -2.20. The number of aromatic carboxylic acids is 1. The molecule has 5 aromatic rings. The molecule has 8 nitrogen and oxygen atoms in total. The van der Waals surface area contributed by atoms with Crippen LogP contribution in [-0.2, 0) is 6.18 Å². The molecule has 2 aromatic heterocycles. The molecular weight excluding hydrogens is 549 g/mol. The second kappa shape index (κ2) is 10.2. The second-order valence-corrected chi connectivity index (χ2v) is 9.45. The van der Waals surface area contributed by atoms with E-state index >= 15 is 0 Å². The van der Waals surface area contributed by atoms with Gasteiger partial charge in [0.25, 0.3) is 5.56 Å². The van der Waals surface area contributed by atoms with Gasteiger partial charge >= 0.3 is 12.1 Å². The lowest BCUT2D eigenvalue weighted by atomic mass is 10.00. The highest BCUT2D eigenvalue weighted by atomic mass is 35.5. The van der Waals surface area contributed by atoms with E-state index in [-0.39, 0.29) is 22.0 Å². The number of rotatable bonds is 6. The summed E-state index contributed by atoms with van der Waals surface area (Å²) in [5.41, 5.74) is 0.233. The molecular formula is C28H20ClF3N4O4. The molecule has 5 rings (SSSR count). The highest BCUT2D eigenvalue weighted by molar-refractivity contribution is 6.31. The van der Waals surface area contributed by atoms with Crippen LogP contribution in [0.15, 0.2) is 77.9 Å². The molecule has 0 radical (unpaired) electrons. The zero-order valence-electron chi connectivity index (χ0n) is 21.0. The third-order valence-electron chi connectivity index (χ3n) is 6.55. The Morgan fingerprint density at radius 2 is 1.73 bits per heavy atom. The Kier molecular flexibility index (Phi) is 6.84. The quantitative estimate of drug-likeness (QED) is 0.260. The number of carboxylic acid groups (broad SMARTS) is 1. The molecule has 0 saturated heterocycles. The highest BCUT2D eigenvalue weighted by Gasteiger charge is 2.35. The molecule has 0 amide bonds. The van der Waals surface area contributed by atoms with Crippen molar-refractivity contribution < 1.29 is 27.8 Å². The number of benzene rings is 3. The monoisotopic (exact) mass is 568 g/mol. The largest absolute Gasteiger partial charge is 0.495 e. The standard InChI is InChI=1S/C28H20ClF3N4O4/c1-15(16-3-4-18-10-19(27(38)39)6-5-17(18)9-16)35-13-24(40-2)22(12-26(35)37)21-11-20(29)7-8-23(21)36-14-25(33-34-36)28(30,31)32/h3-15H,1-2H3,(H,38,39). The van der Waals surface area contributed by atoms with Crippen LogP contribution in [0.2, 0.25) is 5.02 Å². The third-order valence-corrected chi connectivity index (χ3v) is 6.79. The summed E-state index contributed by atoms with van der Waals surface area (Å²) >= 11 is 6.22. The van der Waals surface area contributed by atoms with Gasteiger partial charge in [0.05, 0.1) is 36.8 Å². The van der Waals surface area contributed by atoms with E-state index in [4.69, 9.17) is 16.3 Å². The normalized spacial score (nSPS) is 12.4. The average Bonchev–Trinajstić information content (AvgIpc) is 3.43. The van der Waals surface area contributed by atoms with E-state index in [0.29, 0.717) is 11.1 Å². The highest BCUT2D eigenvalue weighted by Crippen LogP contribution is 2.36. The zero-order valence-corrected chi connectivity index (χ0v) is 21.7. The Hall–Kier alpha value is -4.64. The smallest absolute Gasteiger partial charge is 0.436 e. The van der Waals surface area contributed by atoms with E-state index in [1.54, 1.807) is 18.2 Å². The molecule has 1 unspecified atom stereocenters. The van der Waals surface area contributed by atoms with Crippen molar-refractivity contribution in [3.63, 3.8) is 0 Å². The number of carbonyl (C=O) groups is 1. The summed E-state index contributed by atoms with van der Waals surface area (Å²) < 4.78 is 47.5. The maximum atomic E-state index is 13.4. The zero-order chi connectivity index (χ0) is 28.8. The van der Waals surface area contributed by atoms with E-state index in [1.807, 2.05) is 19.1 Å². The van der Waals surface area contributed by atoms with Crippen LogP contribution in [0, 0.1) is 0 Å². The summed E-state index contributed by atoms with van der Waals surface area (Å²) in [6.45, 7) is 1.83. The Morgan fingerprint density at radius 3 is 2.40 bits per heavy atom. The molecule has 204 valence electrons. The SMILES string of the molecule is COc1cn(C(C)c2ccc3cc(C(=O)O)ccc3c2)c(=O)cc1-c1cc(Cl)ccc1-n1cc(C(F)(F)F)nn1. The van der Waals surface area contributed by atoms with Crippen molar-refractivity contribution in [3.05, 3.63) is 105 Å². The van der Waals surface area contributed by atoms with Gasteiger partial charge in [-0.2, -0.15) is 13.2 Å². The van der Waals surface area contributed by atoms with Gasteiger partial charge in [-0.3, -0.25) is 4.79 Å². The number of carboxylic acids is 1. The van der Waals surface area contributed by atoms with Gasteiger partial charge < -0.3 is 14.4 Å². The van der Waals surface area contributed by atoms with Crippen molar-refractivity contribution >= 4 is 28.3 Å². The van der Waals surface area contributed by atoms with Gasteiger partial charge in [-0.25, -0.2) is 9.48 Å². The maximum absolute atomic E-state index is 13.4. The molecule has 3 aromatic carbocycles. The molecule has 0 aliphatic rings. The van der Waals surface area contributed by atoms with Crippen molar-refractivity contribution in [3.8, 4) is 22.6 Å². The van der Waals surface area contributed by atoms with Gasteiger partial charge in [-0.05, 0) is 59.7 Å². The summed E-state index contributed by atoms with van der Waals surface area (Å²) in [5.74, 6) is -0.747. The molecule has 1 atom stereocenters. The Bertz CT molecular complexity index is 1830. The number of ether oxygens (including phenoxy) is 1. The van der Waals surface area contributed by atoms with Gasteiger partial charge in [-0.1, -0.05) is 35.0 Å². The van der Waals surface area contributed by atoms with Gasteiger partial charge in [0, 0.05) is 22.2 Å². The van der Waals surface area contributed by atoms with Gasteiger partial charge in [0.1, 0.15) is 5.75 Å². The van der Waals surface area contributed by atoms with E-state index in [9.17, 15) is 27.9 Å². The number of fused-ring (bicyclic) bond motifs is 1. The van der Waals surface area contributed by atoms with Crippen LogP contribution in [0.4, 0.5) is 13.2 Å². The summed E-state index contributed by atoms with van der Waals surface area (Å²) in [6, 6.07) is 15.6. The van der Waals surface area contributed by atoms with Crippen molar-refractivity contribution in [2.45, 2.75) is 19.1 Å². The van der Waals surface area contributed by atoms with Crippen molar-refractivity contribution in [2.24, 2.45) is 0 Å². The number of alkyl halides is 3. The number of halogens is 4. The maximum Gasteiger partial charge on any atom is 0.436 e. The van der Waals surface area contributed by atoms with E-state index in [2.05, 4.69) is 10.3 Å². The Morgan fingerprint density at radius 1 is 1.00 bits per heavy atom. The molecule has 0 aliphatic heterocycles. The number of hydrogen-bond donors (Lipinski definition) is 1. The van der Waals surface area contributed by atoms with Crippen LogP contribution >= 0.6 is 11.6 Å². The minimum Gasteiger partial charge on any atom is -0.495 e. The summed E-state index contributed by atoms with van der Waals surface area (Å²) in [5, 5.41) is 17.9. The number of aromatic nitrogens is 4. The molecule has 0 bridgehead atoms. The predicted molar refractivity (Wildman–Crippen MR) is 142 cm³/mol. The van der Waals surface area contributed by atoms with E-state index in [0.717, 1.165) is 27.2 Å². The van der Waals surface area contributed by atoms with Gasteiger partial charge in [0.15, 0.2) is 5.69 Å². The summed E-state index contributed by atoms with van der Waals surface area (Å²) in [6.07, 6.45) is -2.41. The lowest BCUT2D eigenvalue weighted by molar-refractivity contribution is -0.141. The van der Waals surface area contributed by atoms with Crippen LogP contribution in [0.5, 0.6) is 5.75 Å². The molecule has 0 aliphatic carbocycles. The average molecular weight is 569 g/mol. The number of methoxy groups -OCH3 is 1. The fourth-order valence-corrected chi connectivity index (χ4v) is 4.63. The van der Waals surface area contributed by atoms with Crippen molar-refractivity contribution in [2.75, 3.05) is 7.11 Å². The topological polar surface area (TPSA) is 99.2 Å². The van der Waals surface area contributed by atoms with Gasteiger partial charge in [-0.15, -0.1) is 5.10 Å². The van der Waals surface area contributed by atoms with Gasteiger partial charge in [0.2, 0.25) is 0 Å². The fourth-order valence-electron chi connectivity index (χ4n) is 4.46. The minimum atomic E-state index is -4.68. The first kappa shape index (κ1) is 26.9. The fraction of sp³-hybridized carbons (Fsp3) is 0.143. The Labute approximate surface area is 229 Å². The summed E-state index contributed by atoms with van der Waals surface area (Å²) in [7, 11) is 1.41.